The number of carbonyl (C=O) groups is 1. The number of halogens is 2. The van der Waals surface area contributed by atoms with Crippen LogP contribution >= 0.6 is 11.6 Å². The second-order valence-corrected chi connectivity index (χ2v) is 6.76. The number of nitrogens with one attached hydrogen (secondary N) is 2. The standard InChI is InChI=1S/C19H18ClFN2O/c1-19(2,16-11-22-17-8-5-13(20)9-15(16)17)18(24)23-10-12-3-6-14(21)7-4-12/h3-9,11,22H,10H2,1-2H3,(H,23,24). The van der Waals surface area contributed by atoms with Crippen LogP contribution in [0, 0.1) is 5.82 Å². The molecule has 0 unspecified atom stereocenters. The first kappa shape index (κ1) is 16.5. The van der Waals surface area contributed by atoms with Gasteiger partial charge >= 0.3 is 0 Å². The molecule has 124 valence electrons. The molecule has 1 aromatic heterocycles. The fraction of sp³-hybridized carbons (Fsp3) is 0.211. The summed E-state index contributed by atoms with van der Waals surface area (Å²) in [5.74, 6) is -0.395. The molecule has 3 aromatic rings. The van der Waals surface area contributed by atoms with Crippen molar-refractivity contribution in [3.05, 3.63) is 70.6 Å². The van der Waals surface area contributed by atoms with Gasteiger partial charge in [-0.25, -0.2) is 4.39 Å². The Balaban J connectivity index is 1.81. The number of rotatable bonds is 4. The van der Waals surface area contributed by atoms with Crippen LogP contribution in [0.1, 0.15) is 25.0 Å². The Hall–Kier alpha value is -2.33. The summed E-state index contributed by atoms with van der Waals surface area (Å²) in [6, 6.07) is 11.7. The monoisotopic (exact) mass is 344 g/mol. The summed E-state index contributed by atoms with van der Waals surface area (Å²) in [7, 11) is 0. The topological polar surface area (TPSA) is 44.9 Å². The first-order chi connectivity index (χ1) is 11.4. The third kappa shape index (κ3) is 3.15. The van der Waals surface area contributed by atoms with E-state index in [4.69, 9.17) is 11.6 Å². The van der Waals surface area contributed by atoms with Crippen molar-refractivity contribution in [1.82, 2.24) is 10.3 Å². The average molecular weight is 345 g/mol. The van der Waals surface area contributed by atoms with E-state index in [0.29, 0.717) is 11.6 Å². The van der Waals surface area contributed by atoms with E-state index in [2.05, 4.69) is 10.3 Å². The molecular weight excluding hydrogens is 327 g/mol. The van der Waals surface area contributed by atoms with Crippen LogP contribution < -0.4 is 5.32 Å². The summed E-state index contributed by atoms with van der Waals surface area (Å²) in [6.45, 7) is 4.10. The van der Waals surface area contributed by atoms with Gasteiger partial charge in [0, 0.05) is 28.7 Å². The van der Waals surface area contributed by atoms with Crippen molar-refractivity contribution in [2.24, 2.45) is 0 Å². The van der Waals surface area contributed by atoms with Gasteiger partial charge < -0.3 is 10.3 Å². The largest absolute Gasteiger partial charge is 0.361 e. The second-order valence-electron chi connectivity index (χ2n) is 6.33. The zero-order chi connectivity index (χ0) is 17.3. The van der Waals surface area contributed by atoms with Crippen molar-refractivity contribution >= 4 is 28.4 Å². The van der Waals surface area contributed by atoms with Gasteiger partial charge in [-0.1, -0.05) is 23.7 Å². The lowest BCUT2D eigenvalue weighted by Gasteiger charge is -2.23. The number of aromatic amines is 1. The number of carbonyl (C=O) groups excluding carboxylic acids is 1. The van der Waals surface area contributed by atoms with E-state index in [1.807, 2.05) is 38.2 Å². The first-order valence-electron chi connectivity index (χ1n) is 7.68. The van der Waals surface area contributed by atoms with E-state index >= 15 is 0 Å². The lowest BCUT2D eigenvalue weighted by molar-refractivity contribution is -0.125. The molecule has 2 N–H and O–H groups in total. The van der Waals surface area contributed by atoms with Gasteiger partial charge in [-0.15, -0.1) is 0 Å². The molecule has 1 amide bonds. The highest BCUT2D eigenvalue weighted by Gasteiger charge is 2.32. The van der Waals surface area contributed by atoms with Gasteiger partial charge in [0.25, 0.3) is 0 Å². The van der Waals surface area contributed by atoms with Crippen LogP contribution in [0.15, 0.2) is 48.7 Å². The Kier molecular flexibility index (Phi) is 4.33. The number of hydrogen-bond donors (Lipinski definition) is 2. The molecule has 2 aromatic carbocycles. The third-order valence-corrected chi connectivity index (χ3v) is 4.49. The van der Waals surface area contributed by atoms with Crippen molar-refractivity contribution in [2.45, 2.75) is 25.8 Å². The van der Waals surface area contributed by atoms with Crippen LogP contribution in [-0.2, 0) is 16.8 Å². The minimum absolute atomic E-state index is 0.104. The Morgan fingerprint density at radius 3 is 2.62 bits per heavy atom. The summed E-state index contributed by atoms with van der Waals surface area (Å²) >= 11 is 6.09. The van der Waals surface area contributed by atoms with E-state index in [1.54, 1.807) is 12.1 Å². The summed E-state index contributed by atoms with van der Waals surface area (Å²) in [6.07, 6.45) is 1.85. The fourth-order valence-corrected chi connectivity index (χ4v) is 2.91. The lowest BCUT2D eigenvalue weighted by Crippen LogP contribution is -2.39. The quantitative estimate of drug-likeness (QED) is 0.716. The van der Waals surface area contributed by atoms with Crippen molar-refractivity contribution in [3.63, 3.8) is 0 Å². The van der Waals surface area contributed by atoms with E-state index < -0.39 is 5.41 Å². The van der Waals surface area contributed by atoms with Crippen molar-refractivity contribution in [2.75, 3.05) is 0 Å². The first-order valence-corrected chi connectivity index (χ1v) is 8.05. The van der Waals surface area contributed by atoms with Gasteiger partial charge in [0.15, 0.2) is 0 Å². The molecule has 0 spiro atoms. The summed E-state index contributed by atoms with van der Waals surface area (Å²) in [5.41, 5.74) is 1.94. The zero-order valence-corrected chi connectivity index (χ0v) is 14.2. The number of hydrogen-bond acceptors (Lipinski definition) is 1. The molecule has 1 heterocycles. The Morgan fingerprint density at radius 2 is 1.92 bits per heavy atom. The van der Waals surface area contributed by atoms with E-state index in [1.165, 1.54) is 12.1 Å². The molecule has 5 heteroatoms. The number of H-pyrrole nitrogens is 1. The third-order valence-electron chi connectivity index (χ3n) is 4.25. The van der Waals surface area contributed by atoms with Crippen LogP contribution in [0.3, 0.4) is 0 Å². The molecule has 0 atom stereocenters. The van der Waals surface area contributed by atoms with Crippen LogP contribution in [0.5, 0.6) is 0 Å². The highest BCUT2D eigenvalue weighted by Crippen LogP contribution is 2.32. The second kappa shape index (κ2) is 6.29. The molecule has 0 aliphatic rings. The SMILES string of the molecule is CC(C)(C(=O)NCc1ccc(F)cc1)c1c[nH]c2ccc(Cl)cc12. The van der Waals surface area contributed by atoms with E-state index in [9.17, 15) is 9.18 Å². The fourth-order valence-electron chi connectivity index (χ4n) is 2.74. The minimum Gasteiger partial charge on any atom is -0.361 e. The van der Waals surface area contributed by atoms with Gasteiger partial charge in [-0.2, -0.15) is 0 Å². The molecule has 0 saturated heterocycles. The Bertz CT molecular complexity index is 884. The molecule has 0 fully saturated rings. The molecule has 0 bridgehead atoms. The molecule has 0 saturated carbocycles. The van der Waals surface area contributed by atoms with Crippen LogP contribution in [0.2, 0.25) is 5.02 Å². The van der Waals surface area contributed by atoms with Gasteiger partial charge in [-0.3, -0.25) is 4.79 Å². The van der Waals surface area contributed by atoms with Gasteiger partial charge in [0.2, 0.25) is 5.91 Å². The normalized spacial score (nSPS) is 11.7. The van der Waals surface area contributed by atoms with Crippen molar-refractivity contribution in [3.8, 4) is 0 Å². The molecular formula is C19H18ClFN2O. The van der Waals surface area contributed by atoms with Crippen molar-refractivity contribution in [1.29, 1.82) is 0 Å². The molecule has 24 heavy (non-hydrogen) atoms. The highest BCUT2D eigenvalue weighted by atomic mass is 35.5. The van der Waals surface area contributed by atoms with Crippen LogP contribution in [0.4, 0.5) is 4.39 Å². The molecule has 3 rings (SSSR count). The smallest absolute Gasteiger partial charge is 0.230 e. The molecule has 3 nitrogen and oxygen atoms in total. The number of aromatic nitrogens is 1. The highest BCUT2D eigenvalue weighted by molar-refractivity contribution is 6.31. The summed E-state index contributed by atoms with van der Waals surface area (Å²) < 4.78 is 12.9. The zero-order valence-electron chi connectivity index (χ0n) is 13.5. The van der Waals surface area contributed by atoms with Gasteiger partial charge in [0.1, 0.15) is 5.82 Å². The van der Waals surface area contributed by atoms with Crippen LogP contribution in [0.25, 0.3) is 10.9 Å². The molecule has 0 radical (unpaired) electrons. The predicted octanol–water partition coefficient (Wildman–Crippen LogP) is 4.55. The Morgan fingerprint density at radius 1 is 1.21 bits per heavy atom. The minimum atomic E-state index is -0.733. The molecule has 0 aliphatic carbocycles. The number of amides is 1. The predicted molar refractivity (Wildman–Crippen MR) is 94.6 cm³/mol. The number of benzene rings is 2. The lowest BCUT2D eigenvalue weighted by atomic mass is 9.83. The molecule has 0 aliphatic heterocycles. The summed E-state index contributed by atoms with van der Waals surface area (Å²) in [4.78, 5) is 15.9. The maximum absolute atomic E-state index is 12.9. The summed E-state index contributed by atoms with van der Waals surface area (Å²) in [5, 5.41) is 4.48. The number of fused-ring (bicyclic) bond motifs is 1. The maximum Gasteiger partial charge on any atom is 0.230 e. The average Bonchev–Trinajstić information content (AvgIpc) is 2.97. The van der Waals surface area contributed by atoms with E-state index in [-0.39, 0.29) is 11.7 Å². The Labute approximate surface area is 144 Å². The van der Waals surface area contributed by atoms with Crippen LogP contribution in [-0.4, -0.2) is 10.9 Å². The van der Waals surface area contributed by atoms with Gasteiger partial charge in [0.05, 0.1) is 5.41 Å². The maximum atomic E-state index is 12.9. The van der Waals surface area contributed by atoms with Crippen molar-refractivity contribution < 1.29 is 9.18 Å². The van der Waals surface area contributed by atoms with E-state index in [0.717, 1.165) is 22.0 Å². The van der Waals surface area contributed by atoms with Gasteiger partial charge in [-0.05, 0) is 55.3 Å².